The van der Waals surface area contributed by atoms with Crippen LogP contribution >= 0.6 is 23.2 Å². The van der Waals surface area contributed by atoms with E-state index in [2.05, 4.69) is 35.7 Å². The van der Waals surface area contributed by atoms with Crippen molar-refractivity contribution in [2.45, 2.75) is 68.8 Å². The molecule has 55 heavy (non-hydrogen) atoms. The van der Waals surface area contributed by atoms with Gasteiger partial charge in [-0.05, 0) is 66.1 Å². The number of ether oxygens (including phenoxy) is 2. The van der Waals surface area contributed by atoms with Gasteiger partial charge in [-0.15, -0.1) is 0 Å². The maximum Gasteiger partial charge on any atom is 0.258 e. The Kier molecular flexibility index (Phi) is 9.19. The molecular formula is C41H41Cl2N7O5. The summed E-state index contributed by atoms with van der Waals surface area (Å²) in [6, 6.07) is 17.1. The number of aromatic nitrogens is 2. The molecule has 4 saturated heterocycles. The van der Waals surface area contributed by atoms with Crippen molar-refractivity contribution in [3.8, 4) is 22.9 Å². The normalized spacial score (nSPS) is 20.8. The predicted molar refractivity (Wildman–Crippen MR) is 207 cm³/mol. The Morgan fingerprint density at radius 2 is 1.58 bits per heavy atom. The van der Waals surface area contributed by atoms with Crippen LogP contribution < -0.4 is 25.4 Å². The van der Waals surface area contributed by atoms with Crippen LogP contribution in [0.4, 0.5) is 5.82 Å². The number of likely N-dealkylation sites (tertiary alicyclic amines) is 2. The number of carbonyl (C=O) groups is 3. The molecule has 2 spiro atoms. The fraction of sp³-hybridized carbons (Fsp3) is 0.390. The summed E-state index contributed by atoms with van der Waals surface area (Å²) >= 11 is 13.8. The van der Waals surface area contributed by atoms with E-state index in [0.717, 1.165) is 85.4 Å². The Hall–Kier alpha value is -4.75. The lowest BCUT2D eigenvalue weighted by Crippen LogP contribution is -2.66. The monoisotopic (exact) mass is 781 g/mol. The summed E-state index contributed by atoms with van der Waals surface area (Å²) in [7, 11) is 1.59. The summed E-state index contributed by atoms with van der Waals surface area (Å²) in [5.74, 6) is 1.10. The molecule has 5 aliphatic rings. The molecule has 0 unspecified atom stereocenters. The molecule has 284 valence electrons. The van der Waals surface area contributed by atoms with Gasteiger partial charge in [0, 0.05) is 69.4 Å². The van der Waals surface area contributed by atoms with Gasteiger partial charge in [0.15, 0.2) is 0 Å². The summed E-state index contributed by atoms with van der Waals surface area (Å²) in [6.45, 7) is 4.58. The van der Waals surface area contributed by atoms with Crippen LogP contribution in [0.25, 0.3) is 11.1 Å². The number of benzene rings is 2. The van der Waals surface area contributed by atoms with Crippen LogP contribution in [0.1, 0.15) is 70.8 Å². The quantitative estimate of drug-likeness (QED) is 0.185. The number of hydrogen-bond acceptors (Lipinski definition) is 9. The van der Waals surface area contributed by atoms with Gasteiger partial charge in [0.2, 0.25) is 23.6 Å². The van der Waals surface area contributed by atoms with E-state index in [1.807, 2.05) is 42.5 Å². The van der Waals surface area contributed by atoms with Crippen LogP contribution in [-0.4, -0.2) is 81.9 Å². The molecule has 2 aromatic carbocycles. The second-order valence-electron chi connectivity index (χ2n) is 15.6. The third-order valence-corrected chi connectivity index (χ3v) is 12.3. The minimum atomic E-state index is -0.348. The lowest BCUT2D eigenvalue weighted by molar-refractivity contribution is -0.121. The van der Waals surface area contributed by atoms with E-state index in [1.165, 1.54) is 0 Å². The van der Waals surface area contributed by atoms with Gasteiger partial charge in [-0.2, -0.15) is 4.98 Å². The van der Waals surface area contributed by atoms with Crippen molar-refractivity contribution in [3.63, 3.8) is 0 Å². The zero-order valence-electron chi connectivity index (χ0n) is 30.4. The molecule has 6 heterocycles. The Bertz CT molecular complexity index is 2200. The van der Waals surface area contributed by atoms with Gasteiger partial charge in [-0.3, -0.25) is 24.2 Å². The highest BCUT2D eigenvalue weighted by Gasteiger charge is 2.48. The number of amides is 3. The maximum atomic E-state index is 13.5. The van der Waals surface area contributed by atoms with Crippen LogP contribution in [0.15, 0.2) is 60.8 Å². The lowest BCUT2D eigenvalue weighted by atomic mass is 9.88. The molecular weight excluding hydrogens is 741 g/mol. The fourth-order valence-electron chi connectivity index (χ4n) is 9.05. The highest BCUT2D eigenvalue weighted by atomic mass is 35.5. The summed E-state index contributed by atoms with van der Waals surface area (Å²) in [5.41, 5.74) is 5.87. The number of pyridine rings is 2. The number of rotatable bonds is 10. The largest absolute Gasteiger partial charge is 0.481 e. The molecule has 12 nitrogen and oxygen atoms in total. The van der Waals surface area contributed by atoms with Crippen LogP contribution in [0.2, 0.25) is 10.0 Å². The smallest absolute Gasteiger partial charge is 0.258 e. The Labute approximate surface area is 328 Å². The van der Waals surface area contributed by atoms with Crippen molar-refractivity contribution in [3.05, 3.63) is 98.7 Å². The minimum Gasteiger partial charge on any atom is -0.481 e. The molecule has 3 amide bonds. The second kappa shape index (κ2) is 14.1. The third kappa shape index (κ3) is 6.90. The number of carbonyl (C=O) groups excluding carboxylic acids is 3. The number of hydrogen-bond donors (Lipinski definition) is 3. The van der Waals surface area contributed by atoms with Crippen molar-refractivity contribution in [1.29, 1.82) is 0 Å². The van der Waals surface area contributed by atoms with E-state index in [0.29, 0.717) is 59.0 Å². The average molecular weight is 783 g/mol. The molecule has 1 aliphatic carbocycles. The first-order valence-corrected chi connectivity index (χ1v) is 19.5. The maximum absolute atomic E-state index is 13.5. The molecule has 9 rings (SSSR count). The summed E-state index contributed by atoms with van der Waals surface area (Å²) in [6.07, 6.45) is 5.87. The van der Waals surface area contributed by atoms with Gasteiger partial charge in [-0.1, -0.05) is 59.6 Å². The topological polar surface area (TPSA) is 138 Å². The number of nitrogens with zero attached hydrogens (tertiary/aromatic N) is 4. The SMILES string of the molecule is COc1nc(O[C@H]2CCc3c(-c4cccc(C(=O)Nc5ccc(CN6CC7(CCC(=O)N7)C6)cn5)c4Cl)cccc32)c(Cl)cc1CN1CC2(CCC(=O)N2)C1. The number of anilines is 1. The Balaban J connectivity index is 0.857. The van der Waals surface area contributed by atoms with E-state index in [4.69, 9.17) is 32.7 Å². The Morgan fingerprint density at radius 1 is 0.891 bits per heavy atom. The summed E-state index contributed by atoms with van der Waals surface area (Å²) in [4.78, 5) is 50.6. The van der Waals surface area contributed by atoms with Crippen LogP contribution in [0.3, 0.4) is 0 Å². The summed E-state index contributed by atoms with van der Waals surface area (Å²) < 4.78 is 12.1. The highest BCUT2D eigenvalue weighted by molar-refractivity contribution is 6.37. The van der Waals surface area contributed by atoms with E-state index >= 15 is 0 Å². The van der Waals surface area contributed by atoms with Crippen LogP contribution in [0.5, 0.6) is 11.8 Å². The zero-order valence-corrected chi connectivity index (χ0v) is 31.9. The minimum absolute atomic E-state index is 0.0631. The van der Waals surface area contributed by atoms with Crippen molar-refractivity contribution < 1.29 is 23.9 Å². The predicted octanol–water partition coefficient (Wildman–Crippen LogP) is 5.71. The van der Waals surface area contributed by atoms with E-state index in [9.17, 15) is 14.4 Å². The number of halogens is 2. The van der Waals surface area contributed by atoms with Crippen LogP contribution in [0, 0.1) is 0 Å². The van der Waals surface area contributed by atoms with Gasteiger partial charge in [-0.25, -0.2) is 4.98 Å². The number of methoxy groups -OCH3 is 1. The van der Waals surface area contributed by atoms with Gasteiger partial charge in [0.05, 0.1) is 28.8 Å². The standard InChI is InChI=1S/C41H41Cl2N7O5/c1-54-38-25(19-50-22-41(23-50)15-13-35(52)48-41)16-31(42)39(46-38)55-32-10-9-27-26(4-2-5-28(27)32)29-6-3-7-30(36(29)43)37(53)45-33-11-8-24(17-44-33)18-49-20-40(21-49)14-12-34(51)47-40/h2-8,11,16-17,32H,9-10,12-15,18-23H2,1H3,(H,47,51)(H,48,52)(H,44,45,53)/t32-/m0/s1. The molecule has 0 saturated carbocycles. The zero-order chi connectivity index (χ0) is 37.9. The molecule has 0 bridgehead atoms. The van der Waals surface area contributed by atoms with Crippen LogP contribution in [-0.2, 0) is 29.1 Å². The molecule has 4 aliphatic heterocycles. The van der Waals surface area contributed by atoms with Gasteiger partial charge < -0.3 is 25.4 Å². The second-order valence-corrected chi connectivity index (χ2v) is 16.4. The molecule has 14 heteroatoms. The third-order valence-electron chi connectivity index (χ3n) is 11.6. The van der Waals surface area contributed by atoms with Crippen molar-refractivity contribution in [1.82, 2.24) is 30.4 Å². The van der Waals surface area contributed by atoms with Crippen molar-refractivity contribution in [2.24, 2.45) is 0 Å². The first kappa shape index (κ1) is 35.9. The summed E-state index contributed by atoms with van der Waals surface area (Å²) in [5, 5.41) is 9.89. The van der Waals surface area contributed by atoms with Crippen molar-refractivity contribution >= 4 is 46.7 Å². The van der Waals surface area contributed by atoms with Crippen molar-refractivity contribution in [2.75, 3.05) is 38.6 Å². The first-order valence-electron chi connectivity index (χ1n) is 18.7. The Morgan fingerprint density at radius 3 is 2.24 bits per heavy atom. The van der Waals surface area contributed by atoms with Gasteiger partial charge >= 0.3 is 0 Å². The number of fused-ring (bicyclic) bond motifs is 1. The molecule has 0 radical (unpaired) electrons. The molecule has 1 atom stereocenters. The first-order chi connectivity index (χ1) is 26.6. The molecule has 4 fully saturated rings. The fourth-order valence-corrected chi connectivity index (χ4v) is 9.58. The number of nitrogens with one attached hydrogen (secondary N) is 3. The molecule has 2 aromatic heterocycles. The molecule has 4 aromatic rings. The van der Waals surface area contributed by atoms with Gasteiger partial charge in [0.1, 0.15) is 16.9 Å². The van der Waals surface area contributed by atoms with E-state index in [1.54, 1.807) is 25.4 Å². The molecule has 3 N–H and O–H groups in total. The highest BCUT2D eigenvalue weighted by Crippen LogP contribution is 2.44. The van der Waals surface area contributed by atoms with Gasteiger partial charge in [0.25, 0.3) is 5.91 Å². The lowest BCUT2D eigenvalue weighted by Gasteiger charge is -2.48. The van der Waals surface area contributed by atoms with E-state index < -0.39 is 0 Å². The average Bonchev–Trinajstić information content (AvgIpc) is 3.86. The van der Waals surface area contributed by atoms with E-state index in [-0.39, 0.29) is 34.9 Å².